The van der Waals surface area contributed by atoms with Crippen molar-refractivity contribution in [3.05, 3.63) is 123 Å². The number of aliphatic hydroxyl groups excluding tert-OH is 2. The van der Waals surface area contributed by atoms with E-state index in [4.69, 9.17) is 27.9 Å². The summed E-state index contributed by atoms with van der Waals surface area (Å²) in [5.41, 5.74) is 6.13. The number of carbonyl (C=O) groups excluding carboxylic acids is 1. The first-order chi connectivity index (χ1) is 34.2. The summed E-state index contributed by atoms with van der Waals surface area (Å²) in [6.45, 7) is 10.7. The molecule has 5 rings (SSSR count). The molecular formula is C62H87Cl2N2O4+. The topological polar surface area (TPSA) is 73.0 Å². The number of carbonyl (C=O) groups is 1. The zero-order chi connectivity index (χ0) is 50.1. The number of anilines is 2. The fraction of sp³-hybridized carbons (Fsp3) is 0.548. The molecule has 382 valence electrons. The minimum Gasteiger partial charge on any atom is -0.506 e. The lowest BCUT2D eigenvalue weighted by Gasteiger charge is -2.31. The van der Waals surface area contributed by atoms with Gasteiger partial charge in [-0.1, -0.05) is 204 Å². The maximum absolute atomic E-state index is 14.2. The van der Waals surface area contributed by atoms with E-state index in [9.17, 15) is 15.0 Å². The van der Waals surface area contributed by atoms with Crippen LogP contribution in [0.1, 0.15) is 193 Å². The van der Waals surface area contributed by atoms with Crippen molar-refractivity contribution in [2.75, 3.05) is 25.1 Å². The van der Waals surface area contributed by atoms with E-state index in [1.54, 1.807) is 7.11 Å². The Morgan fingerprint density at radius 1 is 0.629 bits per heavy atom. The fourth-order valence-corrected chi connectivity index (χ4v) is 10.8. The number of ether oxygens (including phenoxy) is 1. The SMILES string of the molecule is CCCCCCCCC(CCCCCC)CN(c1cccc(CO)c1)c1ccc(C2=C(O)/C(=C3/C=CC(=[N+](CC(CCCCCC)CCCCCCCC)c4cccc(OC)c4)C=C3Cl)C2=O)c(Cl)c1. The van der Waals surface area contributed by atoms with Gasteiger partial charge in [0.2, 0.25) is 17.2 Å². The van der Waals surface area contributed by atoms with E-state index in [0.717, 1.165) is 60.0 Å². The molecular weight excluding hydrogens is 908 g/mol. The molecule has 70 heavy (non-hydrogen) atoms. The smallest absolute Gasteiger partial charge is 0.209 e. The highest BCUT2D eigenvalue weighted by molar-refractivity contribution is 6.44. The summed E-state index contributed by atoms with van der Waals surface area (Å²) in [5, 5.41) is 22.7. The third-order valence-electron chi connectivity index (χ3n) is 14.5. The molecule has 0 fully saturated rings. The molecule has 3 aromatic rings. The Hall–Kier alpha value is -4.10. The molecule has 2 aliphatic rings. The normalized spacial score (nSPS) is 16.3. The number of aliphatic hydroxyl groups is 2. The van der Waals surface area contributed by atoms with Gasteiger partial charge in [-0.05, 0) is 73.6 Å². The number of ketones is 1. The van der Waals surface area contributed by atoms with Gasteiger partial charge in [-0.25, -0.2) is 0 Å². The van der Waals surface area contributed by atoms with Crippen LogP contribution < -0.4 is 9.64 Å². The van der Waals surface area contributed by atoms with Crippen LogP contribution in [0.15, 0.2) is 107 Å². The van der Waals surface area contributed by atoms with Gasteiger partial charge in [0, 0.05) is 53.2 Å². The van der Waals surface area contributed by atoms with Gasteiger partial charge in [0.1, 0.15) is 11.5 Å². The maximum atomic E-state index is 14.2. The average Bonchev–Trinajstić information content (AvgIpc) is 3.37. The Labute approximate surface area is 433 Å². The molecule has 0 aromatic heterocycles. The number of Topliss-reactive ketones (excluding diaryl/α,β-unsaturated/α-hetero) is 1. The van der Waals surface area contributed by atoms with Crippen molar-refractivity contribution in [2.24, 2.45) is 11.8 Å². The molecule has 0 saturated heterocycles. The molecule has 2 N–H and O–H groups in total. The second kappa shape index (κ2) is 31.4. The van der Waals surface area contributed by atoms with Gasteiger partial charge >= 0.3 is 0 Å². The van der Waals surface area contributed by atoms with Gasteiger partial charge < -0.3 is 19.8 Å². The molecule has 0 amide bonds. The van der Waals surface area contributed by atoms with E-state index in [-0.39, 0.29) is 29.3 Å². The molecule has 0 radical (unpaired) electrons. The highest BCUT2D eigenvalue weighted by atomic mass is 35.5. The Kier molecular flexibility index (Phi) is 25.5. The van der Waals surface area contributed by atoms with Crippen LogP contribution in [-0.2, 0) is 11.4 Å². The molecule has 8 heteroatoms. The molecule has 0 aliphatic heterocycles. The highest BCUT2D eigenvalue weighted by Crippen LogP contribution is 2.44. The Morgan fingerprint density at radius 2 is 1.19 bits per heavy atom. The number of benzene rings is 3. The summed E-state index contributed by atoms with van der Waals surface area (Å²) in [6.07, 6.45) is 35.7. The van der Waals surface area contributed by atoms with Crippen LogP contribution in [0.25, 0.3) is 5.57 Å². The van der Waals surface area contributed by atoms with E-state index < -0.39 is 0 Å². The number of methoxy groups -OCH3 is 1. The van der Waals surface area contributed by atoms with Crippen LogP contribution in [-0.4, -0.2) is 46.5 Å². The molecule has 0 saturated carbocycles. The van der Waals surface area contributed by atoms with Crippen LogP contribution in [0.2, 0.25) is 5.02 Å². The van der Waals surface area contributed by atoms with Crippen molar-refractivity contribution < 1.29 is 24.3 Å². The van der Waals surface area contributed by atoms with Crippen LogP contribution in [0.4, 0.5) is 17.1 Å². The lowest BCUT2D eigenvalue weighted by atomic mass is 9.80. The van der Waals surface area contributed by atoms with Crippen molar-refractivity contribution >= 4 is 57.3 Å². The molecule has 0 heterocycles. The van der Waals surface area contributed by atoms with Gasteiger partial charge in [-0.2, -0.15) is 4.58 Å². The molecule has 2 atom stereocenters. The molecule has 0 bridgehead atoms. The summed E-state index contributed by atoms with van der Waals surface area (Å²) >= 11 is 14.3. The van der Waals surface area contributed by atoms with Crippen LogP contribution in [0, 0.1) is 11.8 Å². The summed E-state index contributed by atoms with van der Waals surface area (Å²) in [4.78, 5) is 16.5. The zero-order valence-corrected chi connectivity index (χ0v) is 45.2. The Balaban J connectivity index is 1.44. The van der Waals surface area contributed by atoms with Crippen molar-refractivity contribution in [3.8, 4) is 5.75 Å². The quantitative estimate of drug-likeness (QED) is 0.0354. The first kappa shape index (κ1) is 56.8. The minimum atomic E-state index is -0.281. The number of nitrogens with zero attached hydrogens (tertiary/aromatic N) is 2. The first-order valence-electron chi connectivity index (χ1n) is 27.5. The largest absolute Gasteiger partial charge is 0.506 e. The molecule has 0 spiro atoms. The lowest BCUT2D eigenvalue weighted by Crippen LogP contribution is -2.26. The summed E-state index contributed by atoms with van der Waals surface area (Å²) in [5.74, 6) is 1.40. The second-order valence-corrected chi connectivity index (χ2v) is 20.9. The number of rotatable bonds is 34. The number of unbranched alkanes of at least 4 members (excludes halogenated alkanes) is 16. The minimum absolute atomic E-state index is 0.0415. The number of hydrogen-bond donors (Lipinski definition) is 2. The maximum Gasteiger partial charge on any atom is 0.209 e. The summed E-state index contributed by atoms with van der Waals surface area (Å²) in [7, 11) is 1.70. The molecule has 2 aliphatic carbocycles. The molecule has 2 unspecified atom stereocenters. The lowest BCUT2D eigenvalue weighted by molar-refractivity contribution is -0.448. The summed E-state index contributed by atoms with van der Waals surface area (Å²) < 4.78 is 8.03. The standard InChI is InChI=1S/C62H86Cl2N2O4/c1-6-10-14-18-20-24-30-47(28-22-16-12-8-3)44-65(50-33-26-32-49(40-50)46-67)52-36-38-55(57(63)42-52)59-61(68)60(62(59)69)56-39-37-53(43-58(56)64)66(51-34-27-35-54(41-51)70-5)45-48(29-23-17-13-9-4)31-25-21-19-15-11-7-2/h26-27,32-43,47-48,67H,6-25,28-31,44-46H2,1-5H3/p+1. The van der Waals surface area contributed by atoms with E-state index in [1.165, 1.54) is 141 Å². The molecule has 3 aromatic carbocycles. The Bertz CT molecular complexity index is 2250. The van der Waals surface area contributed by atoms with Gasteiger partial charge in [0.25, 0.3) is 0 Å². The van der Waals surface area contributed by atoms with Crippen molar-refractivity contribution in [1.82, 2.24) is 0 Å². The predicted octanol–water partition coefficient (Wildman–Crippen LogP) is 18.3. The van der Waals surface area contributed by atoms with Crippen LogP contribution in [0.3, 0.4) is 0 Å². The van der Waals surface area contributed by atoms with E-state index in [0.29, 0.717) is 33.0 Å². The van der Waals surface area contributed by atoms with E-state index in [1.807, 2.05) is 60.7 Å². The number of halogens is 2. The van der Waals surface area contributed by atoms with Gasteiger partial charge in [0.15, 0.2) is 6.54 Å². The number of allylic oxidation sites excluding steroid dienone is 7. The van der Waals surface area contributed by atoms with E-state index in [2.05, 4.69) is 61.4 Å². The van der Waals surface area contributed by atoms with E-state index >= 15 is 0 Å². The van der Waals surface area contributed by atoms with Crippen molar-refractivity contribution in [2.45, 2.75) is 188 Å². The van der Waals surface area contributed by atoms with Gasteiger partial charge in [-0.3, -0.25) is 4.79 Å². The van der Waals surface area contributed by atoms with Gasteiger partial charge in [0.05, 0.1) is 41.0 Å². The Morgan fingerprint density at radius 3 is 1.74 bits per heavy atom. The monoisotopic (exact) mass is 994 g/mol. The molecule has 6 nitrogen and oxygen atoms in total. The first-order valence-corrected chi connectivity index (χ1v) is 28.3. The van der Waals surface area contributed by atoms with Gasteiger partial charge in [-0.15, -0.1) is 0 Å². The number of hydrogen-bond acceptors (Lipinski definition) is 5. The predicted molar refractivity (Wildman–Crippen MR) is 299 cm³/mol. The second-order valence-electron chi connectivity index (χ2n) is 20.1. The highest BCUT2D eigenvalue weighted by Gasteiger charge is 2.39. The fourth-order valence-electron chi connectivity index (χ4n) is 10.3. The van der Waals surface area contributed by atoms with Crippen LogP contribution in [0.5, 0.6) is 5.75 Å². The third-order valence-corrected chi connectivity index (χ3v) is 15.1. The van der Waals surface area contributed by atoms with Crippen molar-refractivity contribution in [1.29, 1.82) is 0 Å². The van der Waals surface area contributed by atoms with Crippen LogP contribution >= 0.6 is 23.2 Å². The average molecular weight is 995 g/mol. The summed E-state index contributed by atoms with van der Waals surface area (Å²) in [6, 6.07) is 22.1. The zero-order valence-electron chi connectivity index (χ0n) is 43.7. The third kappa shape index (κ3) is 17.0. The van der Waals surface area contributed by atoms with Crippen molar-refractivity contribution in [3.63, 3.8) is 0 Å².